The highest BCUT2D eigenvalue weighted by atomic mass is 19.4. The van der Waals surface area contributed by atoms with E-state index in [1.807, 2.05) is 0 Å². The highest BCUT2D eigenvalue weighted by Crippen LogP contribution is 2.34. The van der Waals surface area contributed by atoms with Crippen molar-refractivity contribution in [2.24, 2.45) is 0 Å². The van der Waals surface area contributed by atoms with Gasteiger partial charge in [0.15, 0.2) is 0 Å². The van der Waals surface area contributed by atoms with Gasteiger partial charge in [-0.3, -0.25) is 4.98 Å². The lowest BCUT2D eigenvalue weighted by molar-refractivity contribution is -0.136. The molecule has 2 nitrogen and oxygen atoms in total. The van der Waals surface area contributed by atoms with Crippen LogP contribution in [0.2, 0.25) is 0 Å². The second-order valence-corrected chi connectivity index (χ2v) is 3.71. The van der Waals surface area contributed by atoms with Crippen molar-refractivity contribution >= 4 is 10.8 Å². The minimum absolute atomic E-state index is 0.0299. The molecule has 1 N–H and O–H groups in total. The SMILES string of the molecule is OCCc1ccc2c(C(F)(F)F)cncc2c1. The summed E-state index contributed by atoms with van der Waals surface area (Å²) in [6.45, 7) is -0.0299. The van der Waals surface area contributed by atoms with Crippen LogP contribution in [-0.2, 0) is 12.6 Å². The van der Waals surface area contributed by atoms with Crippen LogP contribution in [0.1, 0.15) is 11.1 Å². The lowest BCUT2D eigenvalue weighted by Crippen LogP contribution is -2.06. The van der Waals surface area contributed by atoms with Crippen LogP contribution in [0, 0.1) is 0 Å². The Hall–Kier alpha value is -1.62. The monoisotopic (exact) mass is 241 g/mol. The summed E-state index contributed by atoms with van der Waals surface area (Å²) in [6, 6.07) is 4.63. The molecule has 0 fully saturated rings. The average molecular weight is 241 g/mol. The van der Waals surface area contributed by atoms with Gasteiger partial charge in [0.25, 0.3) is 0 Å². The molecule has 2 rings (SSSR count). The number of aliphatic hydroxyl groups is 1. The van der Waals surface area contributed by atoms with Gasteiger partial charge in [0, 0.05) is 24.4 Å². The number of halogens is 3. The number of alkyl halides is 3. The highest BCUT2D eigenvalue weighted by Gasteiger charge is 2.32. The van der Waals surface area contributed by atoms with Crippen LogP contribution in [0.25, 0.3) is 10.8 Å². The molecule has 0 radical (unpaired) electrons. The zero-order chi connectivity index (χ0) is 12.5. The second-order valence-electron chi connectivity index (χ2n) is 3.71. The molecule has 90 valence electrons. The zero-order valence-corrected chi connectivity index (χ0v) is 8.83. The molecule has 0 spiro atoms. The Bertz CT molecular complexity index is 537. The zero-order valence-electron chi connectivity index (χ0n) is 8.83. The number of nitrogens with zero attached hydrogens (tertiary/aromatic N) is 1. The van der Waals surface area contributed by atoms with Gasteiger partial charge in [-0.2, -0.15) is 13.2 Å². The molecule has 0 aliphatic carbocycles. The van der Waals surface area contributed by atoms with Crippen LogP contribution < -0.4 is 0 Å². The van der Waals surface area contributed by atoms with Gasteiger partial charge in [0.2, 0.25) is 0 Å². The first-order valence-electron chi connectivity index (χ1n) is 5.07. The summed E-state index contributed by atoms with van der Waals surface area (Å²) in [4.78, 5) is 3.60. The van der Waals surface area contributed by atoms with Crippen molar-refractivity contribution in [2.45, 2.75) is 12.6 Å². The Morgan fingerprint density at radius 2 is 1.94 bits per heavy atom. The maximum atomic E-state index is 12.7. The lowest BCUT2D eigenvalue weighted by atomic mass is 10.0. The average Bonchev–Trinajstić information content (AvgIpc) is 2.27. The molecule has 0 aliphatic heterocycles. The van der Waals surface area contributed by atoms with E-state index in [2.05, 4.69) is 4.98 Å². The Morgan fingerprint density at radius 1 is 1.18 bits per heavy atom. The molecule has 5 heteroatoms. The van der Waals surface area contributed by atoms with Crippen LogP contribution in [0.5, 0.6) is 0 Å². The summed E-state index contributed by atoms with van der Waals surface area (Å²) in [7, 11) is 0. The molecule has 0 saturated carbocycles. The summed E-state index contributed by atoms with van der Waals surface area (Å²) in [6.07, 6.45) is -1.75. The smallest absolute Gasteiger partial charge is 0.396 e. The van der Waals surface area contributed by atoms with E-state index in [4.69, 9.17) is 5.11 Å². The van der Waals surface area contributed by atoms with Gasteiger partial charge < -0.3 is 5.11 Å². The van der Waals surface area contributed by atoms with Crippen molar-refractivity contribution in [3.8, 4) is 0 Å². The number of rotatable bonds is 2. The first-order chi connectivity index (χ1) is 8.02. The summed E-state index contributed by atoms with van der Waals surface area (Å²) < 4.78 is 38.1. The molecule has 0 amide bonds. The number of fused-ring (bicyclic) bond motifs is 1. The Morgan fingerprint density at radius 3 is 2.59 bits per heavy atom. The standard InChI is InChI=1S/C12H10F3NO/c13-12(14,15)11-7-16-6-9-5-8(3-4-17)1-2-10(9)11/h1-2,5-7,17H,3-4H2. The van der Waals surface area contributed by atoms with Gasteiger partial charge in [-0.15, -0.1) is 0 Å². The van der Waals surface area contributed by atoms with Gasteiger partial charge in [0.1, 0.15) is 0 Å². The predicted octanol–water partition coefficient (Wildman–Crippen LogP) is 2.79. The third kappa shape index (κ3) is 2.39. The van der Waals surface area contributed by atoms with E-state index in [-0.39, 0.29) is 12.0 Å². The molecular formula is C12H10F3NO. The van der Waals surface area contributed by atoms with Crippen LogP contribution in [0.15, 0.2) is 30.6 Å². The topological polar surface area (TPSA) is 33.1 Å². The summed E-state index contributed by atoms with van der Waals surface area (Å²) in [5, 5.41) is 9.35. The third-order valence-electron chi connectivity index (χ3n) is 2.53. The Balaban J connectivity index is 2.59. The predicted molar refractivity (Wildman–Crippen MR) is 57.5 cm³/mol. The molecule has 0 saturated heterocycles. The normalized spacial score (nSPS) is 12.0. The van der Waals surface area contributed by atoms with E-state index in [1.54, 1.807) is 12.1 Å². The van der Waals surface area contributed by atoms with E-state index in [0.29, 0.717) is 11.8 Å². The van der Waals surface area contributed by atoms with Crippen LogP contribution in [0.4, 0.5) is 13.2 Å². The molecule has 0 aliphatic rings. The Labute approximate surface area is 95.7 Å². The van der Waals surface area contributed by atoms with Crippen LogP contribution >= 0.6 is 0 Å². The highest BCUT2D eigenvalue weighted by molar-refractivity contribution is 5.85. The molecule has 1 heterocycles. The minimum Gasteiger partial charge on any atom is -0.396 e. The van der Waals surface area contributed by atoms with E-state index >= 15 is 0 Å². The molecular weight excluding hydrogens is 231 g/mol. The molecule has 2 aromatic rings. The fourth-order valence-electron chi connectivity index (χ4n) is 1.74. The quantitative estimate of drug-likeness (QED) is 0.877. The first kappa shape index (κ1) is 11.9. The minimum atomic E-state index is -4.40. The van der Waals surface area contributed by atoms with Gasteiger partial charge >= 0.3 is 6.18 Å². The lowest BCUT2D eigenvalue weighted by Gasteiger charge is -2.10. The van der Waals surface area contributed by atoms with E-state index < -0.39 is 11.7 Å². The molecule has 0 bridgehead atoms. The van der Waals surface area contributed by atoms with Crippen molar-refractivity contribution in [1.82, 2.24) is 4.98 Å². The molecule has 0 atom stereocenters. The number of aromatic nitrogens is 1. The maximum Gasteiger partial charge on any atom is 0.418 e. The van der Waals surface area contributed by atoms with Gasteiger partial charge in [-0.25, -0.2) is 0 Å². The van der Waals surface area contributed by atoms with Crippen molar-refractivity contribution in [3.05, 3.63) is 41.7 Å². The summed E-state index contributed by atoms with van der Waals surface area (Å²) in [5.41, 5.74) is 0.0617. The number of hydrogen-bond donors (Lipinski definition) is 1. The van der Waals surface area contributed by atoms with E-state index in [1.165, 1.54) is 12.3 Å². The molecule has 1 aromatic carbocycles. The van der Waals surface area contributed by atoms with E-state index in [9.17, 15) is 13.2 Å². The number of pyridine rings is 1. The molecule has 1 aromatic heterocycles. The fourth-order valence-corrected chi connectivity index (χ4v) is 1.74. The Kier molecular flexibility index (Phi) is 3.02. The van der Waals surface area contributed by atoms with Gasteiger partial charge in [0.05, 0.1) is 5.56 Å². The van der Waals surface area contributed by atoms with Crippen LogP contribution in [0.3, 0.4) is 0 Å². The largest absolute Gasteiger partial charge is 0.418 e. The third-order valence-corrected chi connectivity index (χ3v) is 2.53. The summed E-state index contributed by atoms with van der Waals surface area (Å²) >= 11 is 0. The summed E-state index contributed by atoms with van der Waals surface area (Å²) in [5.74, 6) is 0. The second kappa shape index (κ2) is 4.33. The first-order valence-corrected chi connectivity index (χ1v) is 5.07. The van der Waals surface area contributed by atoms with Crippen molar-refractivity contribution in [2.75, 3.05) is 6.61 Å². The van der Waals surface area contributed by atoms with Gasteiger partial charge in [-0.1, -0.05) is 12.1 Å². The number of hydrogen-bond acceptors (Lipinski definition) is 2. The number of aliphatic hydroxyl groups excluding tert-OH is 1. The van der Waals surface area contributed by atoms with E-state index in [0.717, 1.165) is 11.8 Å². The maximum absolute atomic E-state index is 12.7. The van der Waals surface area contributed by atoms with Crippen molar-refractivity contribution < 1.29 is 18.3 Å². The number of benzene rings is 1. The molecule has 0 unspecified atom stereocenters. The van der Waals surface area contributed by atoms with Crippen LogP contribution in [-0.4, -0.2) is 16.7 Å². The van der Waals surface area contributed by atoms with Gasteiger partial charge in [-0.05, 0) is 23.4 Å². The van der Waals surface area contributed by atoms with Crippen molar-refractivity contribution in [1.29, 1.82) is 0 Å². The molecule has 17 heavy (non-hydrogen) atoms. The van der Waals surface area contributed by atoms with Crippen molar-refractivity contribution in [3.63, 3.8) is 0 Å². The fraction of sp³-hybridized carbons (Fsp3) is 0.250.